The summed E-state index contributed by atoms with van der Waals surface area (Å²) < 4.78 is 1.33. The lowest BCUT2D eigenvalue weighted by Crippen LogP contribution is -2.32. The van der Waals surface area contributed by atoms with Gasteiger partial charge in [-0.25, -0.2) is 4.68 Å². The van der Waals surface area contributed by atoms with Crippen molar-refractivity contribution in [2.45, 2.75) is 32.9 Å². The molecule has 0 bridgehead atoms. The molecule has 0 saturated heterocycles. The number of hydrogen-bond donors (Lipinski definition) is 1. The summed E-state index contributed by atoms with van der Waals surface area (Å²) in [6.45, 7) is 5.52. The van der Waals surface area contributed by atoms with Crippen LogP contribution in [0.15, 0.2) is 47.3 Å². The van der Waals surface area contributed by atoms with E-state index in [-0.39, 0.29) is 29.2 Å². The van der Waals surface area contributed by atoms with Crippen molar-refractivity contribution in [1.82, 2.24) is 15.1 Å². The van der Waals surface area contributed by atoms with Crippen LogP contribution < -0.4 is 10.9 Å². The minimum atomic E-state index is -0.376. The van der Waals surface area contributed by atoms with Crippen LogP contribution in [0, 0.1) is 0 Å². The van der Waals surface area contributed by atoms with E-state index in [1.165, 1.54) is 4.68 Å². The highest BCUT2D eigenvalue weighted by molar-refractivity contribution is 6.35. The van der Waals surface area contributed by atoms with Crippen LogP contribution in [0.4, 0.5) is 0 Å². The predicted octanol–water partition coefficient (Wildman–Crippen LogP) is 4.78. The van der Waals surface area contributed by atoms with Gasteiger partial charge in [0.05, 0.1) is 17.5 Å². The quantitative estimate of drug-likeness (QED) is 0.681. The van der Waals surface area contributed by atoms with Gasteiger partial charge in [0.1, 0.15) is 0 Å². The lowest BCUT2D eigenvalue weighted by molar-refractivity contribution is 0.0934. The van der Waals surface area contributed by atoms with Crippen LogP contribution in [0.5, 0.6) is 0 Å². The summed E-state index contributed by atoms with van der Waals surface area (Å²) in [6.07, 6.45) is 0. The molecule has 1 amide bonds. The molecule has 27 heavy (non-hydrogen) atoms. The fourth-order valence-corrected chi connectivity index (χ4v) is 3.49. The second kappa shape index (κ2) is 7.71. The van der Waals surface area contributed by atoms with Gasteiger partial charge in [0.25, 0.3) is 11.5 Å². The van der Waals surface area contributed by atoms with Crippen molar-refractivity contribution in [3.05, 3.63) is 74.1 Å². The van der Waals surface area contributed by atoms with Crippen molar-refractivity contribution in [3.8, 4) is 0 Å². The SMILES string of the molecule is CC(NC(=O)c1nn(C(C)C)c(=O)c2ccccc12)c1ccc(Cl)cc1Cl. The first-order valence-electron chi connectivity index (χ1n) is 8.57. The minimum absolute atomic E-state index is 0.170. The van der Waals surface area contributed by atoms with E-state index in [9.17, 15) is 9.59 Å². The van der Waals surface area contributed by atoms with E-state index in [0.29, 0.717) is 20.8 Å². The molecule has 0 fully saturated rings. The Kier molecular flexibility index (Phi) is 5.53. The van der Waals surface area contributed by atoms with Crippen LogP contribution in [0.1, 0.15) is 48.9 Å². The molecule has 3 rings (SSSR count). The standard InChI is InChI=1S/C20H19Cl2N3O2/c1-11(2)25-20(27)16-7-5-4-6-15(16)18(24-25)19(26)23-12(3)14-9-8-13(21)10-17(14)22/h4-12H,1-3H3,(H,23,26). The Morgan fingerprint density at radius 3 is 2.37 bits per heavy atom. The van der Waals surface area contributed by atoms with E-state index >= 15 is 0 Å². The summed E-state index contributed by atoms with van der Waals surface area (Å²) in [5, 5.41) is 9.21. The molecule has 0 aliphatic carbocycles. The second-order valence-corrected chi connectivity index (χ2v) is 7.44. The first-order chi connectivity index (χ1) is 12.8. The second-order valence-electron chi connectivity index (χ2n) is 6.60. The van der Waals surface area contributed by atoms with Crippen molar-refractivity contribution in [2.75, 3.05) is 0 Å². The summed E-state index contributed by atoms with van der Waals surface area (Å²) in [4.78, 5) is 25.6. The normalized spacial score (nSPS) is 12.4. The van der Waals surface area contributed by atoms with Crippen LogP contribution in [-0.2, 0) is 0 Å². The monoisotopic (exact) mass is 403 g/mol. The Bertz CT molecular complexity index is 1080. The van der Waals surface area contributed by atoms with Gasteiger partial charge >= 0.3 is 0 Å². The molecule has 1 aromatic heterocycles. The lowest BCUT2D eigenvalue weighted by Gasteiger charge is -2.18. The van der Waals surface area contributed by atoms with Gasteiger partial charge in [-0.15, -0.1) is 0 Å². The predicted molar refractivity (Wildman–Crippen MR) is 109 cm³/mol. The number of carbonyl (C=O) groups excluding carboxylic acids is 1. The molecule has 7 heteroatoms. The lowest BCUT2D eigenvalue weighted by atomic mass is 10.1. The Balaban J connectivity index is 2.03. The zero-order valence-electron chi connectivity index (χ0n) is 15.2. The molecule has 0 spiro atoms. The molecule has 3 aromatic rings. The first kappa shape index (κ1) is 19.4. The number of halogens is 2. The molecule has 2 aromatic carbocycles. The summed E-state index contributed by atoms with van der Waals surface area (Å²) in [5.41, 5.74) is 0.734. The van der Waals surface area contributed by atoms with E-state index in [2.05, 4.69) is 10.4 Å². The number of carbonyl (C=O) groups is 1. The Hall–Kier alpha value is -2.37. The highest BCUT2D eigenvalue weighted by atomic mass is 35.5. The van der Waals surface area contributed by atoms with Crippen LogP contribution in [0.2, 0.25) is 10.0 Å². The maximum atomic E-state index is 12.9. The maximum Gasteiger partial charge on any atom is 0.274 e. The summed E-state index contributed by atoms with van der Waals surface area (Å²) in [7, 11) is 0. The van der Waals surface area contributed by atoms with Crippen LogP contribution in [-0.4, -0.2) is 15.7 Å². The fraction of sp³-hybridized carbons (Fsp3) is 0.250. The molecule has 0 saturated carbocycles. The highest BCUT2D eigenvalue weighted by Crippen LogP contribution is 2.26. The summed E-state index contributed by atoms with van der Waals surface area (Å²) in [6, 6.07) is 11.6. The van der Waals surface area contributed by atoms with Gasteiger partial charge < -0.3 is 5.32 Å². The molecule has 0 aliphatic rings. The Morgan fingerprint density at radius 1 is 1.07 bits per heavy atom. The number of benzene rings is 2. The molecule has 5 nitrogen and oxygen atoms in total. The van der Waals surface area contributed by atoms with E-state index < -0.39 is 0 Å². The van der Waals surface area contributed by atoms with Crippen molar-refractivity contribution in [3.63, 3.8) is 0 Å². The average Bonchev–Trinajstić information content (AvgIpc) is 2.61. The molecule has 1 heterocycles. The van der Waals surface area contributed by atoms with Gasteiger partial charge in [0, 0.05) is 15.4 Å². The van der Waals surface area contributed by atoms with E-state index in [1.54, 1.807) is 42.5 Å². The third kappa shape index (κ3) is 3.84. The smallest absolute Gasteiger partial charge is 0.274 e. The van der Waals surface area contributed by atoms with Crippen molar-refractivity contribution < 1.29 is 4.79 Å². The Morgan fingerprint density at radius 2 is 1.74 bits per heavy atom. The van der Waals surface area contributed by atoms with Gasteiger partial charge in [0.2, 0.25) is 0 Å². The van der Waals surface area contributed by atoms with E-state index in [1.807, 2.05) is 20.8 Å². The molecule has 1 atom stereocenters. The summed E-state index contributed by atoms with van der Waals surface area (Å²) >= 11 is 12.2. The van der Waals surface area contributed by atoms with Crippen molar-refractivity contribution in [2.24, 2.45) is 0 Å². The van der Waals surface area contributed by atoms with Crippen molar-refractivity contribution in [1.29, 1.82) is 0 Å². The summed E-state index contributed by atoms with van der Waals surface area (Å²) in [5.74, 6) is -0.376. The first-order valence-corrected chi connectivity index (χ1v) is 9.32. The average molecular weight is 404 g/mol. The molecule has 1 N–H and O–H groups in total. The highest BCUT2D eigenvalue weighted by Gasteiger charge is 2.20. The van der Waals surface area contributed by atoms with E-state index in [4.69, 9.17) is 23.2 Å². The number of fused-ring (bicyclic) bond motifs is 1. The zero-order chi connectivity index (χ0) is 19.7. The molecular formula is C20H19Cl2N3O2. The number of nitrogens with zero attached hydrogens (tertiary/aromatic N) is 2. The van der Waals surface area contributed by atoms with Gasteiger partial charge in [-0.05, 0) is 44.5 Å². The zero-order valence-corrected chi connectivity index (χ0v) is 16.7. The molecule has 1 unspecified atom stereocenters. The van der Waals surface area contributed by atoms with E-state index in [0.717, 1.165) is 5.56 Å². The number of amides is 1. The van der Waals surface area contributed by atoms with Gasteiger partial charge in [0.15, 0.2) is 5.69 Å². The fourth-order valence-electron chi connectivity index (χ4n) is 2.92. The largest absolute Gasteiger partial charge is 0.344 e. The van der Waals surface area contributed by atoms with Crippen LogP contribution in [0.3, 0.4) is 0 Å². The number of hydrogen-bond acceptors (Lipinski definition) is 3. The Labute approximate surface area is 166 Å². The van der Waals surface area contributed by atoms with Gasteiger partial charge in [-0.3, -0.25) is 9.59 Å². The van der Waals surface area contributed by atoms with Crippen LogP contribution >= 0.6 is 23.2 Å². The number of aromatic nitrogens is 2. The third-order valence-electron chi connectivity index (χ3n) is 4.31. The molecule has 140 valence electrons. The molecule has 0 radical (unpaired) electrons. The third-order valence-corrected chi connectivity index (χ3v) is 4.87. The topological polar surface area (TPSA) is 64.0 Å². The van der Waals surface area contributed by atoms with Crippen molar-refractivity contribution >= 4 is 39.9 Å². The van der Waals surface area contributed by atoms with Gasteiger partial charge in [-0.1, -0.05) is 47.5 Å². The number of rotatable bonds is 4. The molecule has 0 aliphatic heterocycles. The van der Waals surface area contributed by atoms with Crippen LogP contribution in [0.25, 0.3) is 10.8 Å². The maximum absolute atomic E-state index is 12.9. The number of nitrogens with one attached hydrogen (secondary N) is 1. The van der Waals surface area contributed by atoms with Gasteiger partial charge in [-0.2, -0.15) is 5.10 Å². The minimum Gasteiger partial charge on any atom is -0.344 e. The molecular weight excluding hydrogens is 385 g/mol.